The molecule has 1 nitrogen and oxygen atoms in total. The Balaban J connectivity index is 1.26. The Morgan fingerprint density at radius 1 is 0.420 bits per heavy atom. The van der Waals surface area contributed by atoms with Gasteiger partial charge in [0.2, 0.25) is 0 Å². The molecule has 8 aromatic rings. The summed E-state index contributed by atoms with van der Waals surface area (Å²) in [5.74, 6) is 0. The second-order valence-electron chi connectivity index (χ2n) is 14.9. The topological polar surface area (TPSA) is 3.24 Å². The van der Waals surface area contributed by atoms with E-state index in [-0.39, 0.29) is 5.41 Å². The third-order valence-electron chi connectivity index (χ3n) is 11.2. The highest BCUT2D eigenvalue weighted by molar-refractivity contribution is 6.11. The zero-order valence-electron chi connectivity index (χ0n) is 28.6. The number of fused-ring (bicyclic) bond motifs is 14. The highest BCUT2D eigenvalue weighted by Crippen LogP contribution is 2.65. The molecule has 0 N–H and O–H groups in total. The molecular formula is C49H37N. The van der Waals surface area contributed by atoms with Crippen molar-refractivity contribution < 1.29 is 0 Å². The third-order valence-corrected chi connectivity index (χ3v) is 11.2. The summed E-state index contributed by atoms with van der Waals surface area (Å²) in [7, 11) is 0. The van der Waals surface area contributed by atoms with E-state index in [2.05, 4.69) is 196 Å². The van der Waals surface area contributed by atoms with Crippen LogP contribution in [0.25, 0.3) is 43.8 Å². The van der Waals surface area contributed by atoms with Crippen molar-refractivity contribution in [3.05, 3.63) is 198 Å². The number of para-hydroxylation sites is 1. The first-order valence-electron chi connectivity index (χ1n) is 17.7. The first-order valence-corrected chi connectivity index (χ1v) is 17.7. The van der Waals surface area contributed by atoms with Crippen molar-refractivity contribution in [3.8, 4) is 22.3 Å². The summed E-state index contributed by atoms with van der Waals surface area (Å²) in [5.41, 5.74) is 15.3. The molecule has 0 saturated carbocycles. The minimum absolute atomic E-state index is 0.0930. The van der Waals surface area contributed by atoms with E-state index in [0.29, 0.717) is 0 Å². The lowest BCUT2D eigenvalue weighted by atomic mass is 9.69. The van der Waals surface area contributed by atoms with Gasteiger partial charge in [0.05, 0.1) is 5.41 Å². The smallest absolute Gasteiger partial charge is 0.0731 e. The minimum atomic E-state index is -0.412. The van der Waals surface area contributed by atoms with Crippen LogP contribution < -0.4 is 4.90 Å². The Labute approximate surface area is 294 Å². The number of nitrogens with zero attached hydrogens (tertiary/aromatic N) is 1. The fraction of sp³-hybridized carbons (Fsp3) is 0.102. The van der Waals surface area contributed by atoms with Crippen LogP contribution in [-0.2, 0) is 10.8 Å². The van der Waals surface area contributed by atoms with Gasteiger partial charge in [0, 0.05) is 17.1 Å². The molecule has 0 unspecified atom stereocenters. The van der Waals surface area contributed by atoms with E-state index in [4.69, 9.17) is 0 Å². The first kappa shape index (κ1) is 29.0. The molecule has 0 bridgehead atoms. The van der Waals surface area contributed by atoms with Crippen LogP contribution in [0, 0.1) is 0 Å². The maximum atomic E-state index is 2.41. The van der Waals surface area contributed by atoms with Gasteiger partial charge in [-0.1, -0.05) is 154 Å². The molecule has 2 aliphatic rings. The average Bonchev–Trinajstić information content (AvgIpc) is 3.63. The van der Waals surface area contributed by atoms with Gasteiger partial charge in [-0.05, 0) is 113 Å². The van der Waals surface area contributed by atoms with Gasteiger partial charge in [-0.3, -0.25) is 0 Å². The quantitative estimate of drug-likeness (QED) is 0.186. The van der Waals surface area contributed by atoms with Crippen LogP contribution in [0.2, 0.25) is 0 Å². The van der Waals surface area contributed by atoms with E-state index in [1.54, 1.807) is 0 Å². The van der Waals surface area contributed by atoms with E-state index < -0.39 is 5.41 Å². The Morgan fingerprint density at radius 2 is 1.02 bits per heavy atom. The van der Waals surface area contributed by atoms with Crippen LogP contribution in [0.4, 0.5) is 17.1 Å². The van der Waals surface area contributed by atoms with Crippen LogP contribution in [0.5, 0.6) is 0 Å². The Hall–Kier alpha value is -5.92. The molecule has 0 fully saturated rings. The summed E-state index contributed by atoms with van der Waals surface area (Å²) < 4.78 is 0. The van der Waals surface area contributed by atoms with Crippen molar-refractivity contribution >= 4 is 38.6 Å². The number of hydrogen-bond acceptors (Lipinski definition) is 1. The highest BCUT2D eigenvalue weighted by Gasteiger charge is 2.52. The van der Waals surface area contributed by atoms with Crippen molar-refractivity contribution in [1.29, 1.82) is 0 Å². The van der Waals surface area contributed by atoms with Crippen LogP contribution in [0.1, 0.15) is 48.6 Å². The van der Waals surface area contributed by atoms with Crippen molar-refractivity contribution in [2.75, 3.05) is 4.90 Å². The van der Waals surface area contributed by atoms with Gasteiger partial charge in [-0.2, -0.15) is 0 Å². The van der Waals surface area contributed by atoms with Gasteiger partial charge in [0.25, 0.3) is 0 Å². The molecule has 8 aromatic carbocycles. The summed E-state index contributed by atoms with van der Waals surface area (Å²) in [6.07, 6.45) is 0. The zero-order chi connectivity index (χ0) is 33.6. The van der Waals surface area contributed by atoms with Crippen molar-refractivity contribution in [3.63, 3.8) is 0 Å². The molecule has 0 aromatic heterocycles. The molecule has 238 valence electrons. The van der Waals surface area contributed by atoms with E-state index in [1.807, 2.05) is 0 Å². The van der Waals surface area contributed by atoms with Gasteiger partial charge in [0.1, 0.15) is 0 Å². The number of anilines is 3. The van der Waals surface area contributed by atoms with Crippen molar-refractivity contribution in [2.24, 2.45) is 0 Å². The maximum absolute atomic E-state index is 2.41. The molecule has 10 rings (SSSR count). The van der Waals surface area contributed by atoms with Crippen molar-refractivity contribution in [2.45, 2.75) is 31.6 Å². The van der Waals surface area contributed by atoms with Crippen LogP contribution >= 0.6 is 0 Å². The van der Waals surface area contributed by atoms with Gasteiger partial charge in [-0.15, -0.1) is 0 Å². The number of benzene rings is 8. The Morgan fingerprint density at radius 3 is 1.74 bits per heavy atom. The molecule has 0 radical (unpaired) electrons. The molecule has 2 aliphatic carbocycles. The SMILES string of the molecule is CC(C)(C)c1ccc(N(c2ccccc2)c2ccc3c4c(ccc3c2)-c2c(ccc3ccccc23)C42c3ccccc3-c3ccccc32)cc1. The molecule has 0 aliphatic heterocycles. The normalized spacial score (nSPS) is 13.7. The largest absolute Gasteiger partial charge is 0.310 e. The van der Waals surface area contributed by atoms with Crippen LogP contribution in [-0.4, -0.2) is 0 Å². The van der Waals surface area contributed by atoms with Crippen LogP contribution in [0.3, 0.4) is 0 Å². The molecule has 1 spiro atoms. The van der Waals surface area contributed by atoms with Crippen LogP contribution in [0.15, 0.2) is 170 Å². The summed E-state index contributed by atoms with van der Waals surface area (Å²) in [6.45, 7) is 6.81. The fourth-order valence-corrected chi connectivity index (χ4v) is 9.01. The van der Waals surface area contributed by atoms with Crippen molar-refractivity contribution in [1.82, 2.24) is 0 Å². The monoisotopic (exact) mass is 639 g/mol. The van der Waals surface area contributed by atoms with Gasteiger partial charge in [0.15, 0.2) is 0 Å². The highest BCUT2D eigenvalue weighted by atomic mass is 15.1. The molecule has 0 atom stereocenters. The van der Waals surface area contributed by atoms with E-state index >= 15 is 0 Å². The average molecular weight is 640 g/mol. The van der Waals surface area contributed by atoms with Gasteiger partial charge in [-0.25, -0.2) is 0 Å². The lowest BCUT2D eigenvalue weighted by molar-refractivity contribution is 0.590. The molecule has 0 heterocycles. The molecule has 50 heavy (non-hydrogen) atoms. The fourth-order valence-electron chi connectivity index (χ4n) is 9.01. The summed E-state index contributed by atoms with van der Waals surface area (Å²) in [6, 6.07) is 63.5. The van der Waals surface area contributed by atoms with Gasteiger partial charge < -0.3 is 4.90 Å². The van der Waals surface area contributed by atoms with E-state index in [9.17, 15) is 0 Å². The predicted molar refractivity (Wildman–Crippen MR) is 211 cm³/mol. The second kappa shape index (κ2) is 10.5. The first-order chi connectivity index (χ1) is 24.4. The third kappa shape index (κ3) is 3.95. The predicted octanol–water partition coefficient (Wildman–Crippen LogP) is 13.1. The summed E-state index contributed by atoms with van der Waals surface area (Å²) in [4.78, 5) is 2.39. The summed E-state index contributed by atoms with van der Waals surface area (Å²) >= 11 is 0. The Bertz CT molecular complexity index is 2580. The molecule has 0 saturated heterocycles. The standard InChI is InChI=1S/C49H37N/c1-48(2,3)34-23-25-36(26-24-34)50(35-14-5-4-6-15-35)37-27-29-39-33(31-37)21-28-42-46-38-16-8-7-13-32(38)22-30-45(46)49(47(39)42)43-19-11-9-17-40(43)41-18-10-12-20-44(41)49/h4-31H,1-3H3. The van der Waals surface area contributed by atoms with E-state index in [1.165, 1.54) is 71.6 Å². The van der Waals surface area contributed by atoms with E-state index in [0.717, 1.165) is 17.1 Å². The van der Waals surface area contributed by atoms with Gasteiger partial charge >= 0.3 is 0 Å². The molecule has 1 heteroatoms. The lowest BCUT2D eigenvalue weighted by Gasteiger charge is -2.32. The molecular weight excluding hydrogens is 603 g/mol. The minimum Gasteiger partial charge on any atom is -0.310 e. The Kier molecular flexibility index (Phi) is 6.12. The maximum Gasteiger partial charge on any atom is 0.0731 e. The second-order valence-corrected chi connectivity index (χ2v) is 14.9. The zero-order valence-corrected chi connectivity index (χ0v) is 28.6. The number of rotatable bonds is 3. The summed E-state index contributed by atoms with van der Waals surface area (Å²) in [5, 5.41) is 5.14. The lowest BCUT2D eigenvalue weighted by Crippen LogP contribution is -2.26. The molecule has 0 amide bonds. The number of hydrogen-bond donors (Lipinski definition) is 0.